The average molecular weight is 584 g/mol. The molecule has 1 amide bonds. The van der Waals surface area contributed by atoms with Crippen LogP contribution in [0.25, 0.3) is 0 Å². The van der Waals surface area contributed by atoms with Crippen LogP contribution in [0.1, 0.15) is 15.9 Å². The Kier molecular flexibility index (Phi) is 6.49. The Hall–Kier alpha value is -2.51. The minimum absolute atomic E-state index is 0.0921. The summed E-state index contributed by atoms with van der Waals surface area (Å²) in [6.45, 7) is 0.248. The number of fused-ring (bicyclic) bond motifs is 1. The molecule has 0 aromatic heterocycles. The Morgan fingerprint density at radius 2 is 2.00 bits per heavy atom. The zero-order chi connectivity index (χ0) is 22.9. The number of sulfonamides is 1. The molecule has 166 valence electrons. The van der Waals surface area contributed by atoms with E-state index >= 15 is 0 Å². The number of amides is 1. The van der Waals surface area contributed by atoms with Gasteiger partial charge in [-0.2, -0.15) is 0 Å². The molecule has 2 aliphatic rings. The topological polar surface area (TPSA) is 81.8 Å². The van der Waals surface area contributed by atoms with Crippen LogP contribution in [0.4, 0.5) is 10.1 Å². The minimum atomic E-state index is -3.97. The van der Waals surface area contributed by atoms with Crippen molar-refractivity contribution in [2.45, 2.75) is 6.54 Å². The number of benzene rings is 2. The number of anilines is 1. The normalized spacial score (nSPS) is 14.9. The van der Waals surface area contributed by atoms with Gasteiger partial charge in [0, 0.05) is 29.6 Å². The standard InChI is InChI=1S/C21H18FIN4O3S2/c1-26(13-14-4-6-15(22)7-5-14)21(28)17-9-8-16(23)11-18(17)25-32(29,30)20-3-2-10-27-19(20)12-24-31-27/h2-12,24-25H,13H2,1H3. The largest absolute Gasteiger partial charge is 0.337 e. The maximum atomic E-state index is 13.2. The molecule has 32 heavy (non-hydrogen) atoms. The lowest BCUT2D eigenvalue weighted by molar-refractivity contribution is 0.0786. The van der Waals surface area contributed by atoms with Gasteiger partial charge in [-0.1, -0.05) is 12.1 Å². The quantitative estimate of drug-likeness (QED) is 0.392. The average Bonchev–Trinajstić information content (AvgIpc) is 3.23. The summed E-state index contributed by atoms with van der Waals surface area (Å²) in [4.78, 5) is 14.7. The van der Waals surface area contributed by atoms with Crippen LogP contribution in [0.15, 0.2) is 77.6 Å². The van der Waals surface area contributed by atoms with Gasteiger partial charge in [0.25, 0.3) is 15.9 Å². The molecule has 0 spiro atoms. The highest BCUT2D eigenvalue weighted by molar-refractivity contribution is 14.1. The fourth-order valence-corrected chi connectivity index (χ4v) is 5.66. The van der Waals surface area contributed by atoms with Gasteiger partial charge in [0.15, 0.2) is 0 Å². The minimum Gasteiger partial charge on any atom is -0.337 e. The van der Waals surface area contributed by atoms with Gasteiger partial charge >= 0.3 is 0 Å². The molecule has 0 bridgehead atoms. The first-order chi connectivity index (χ1) is 15.2. The van der Waals surface area contributed by atoms with Gasteiger partial charge in [0.05, 0.1) is 29.1 Å². The lowest BCUT2D eigenvalue weighted by Gasteiger charge is -2.22. The van der Waals surface area contributed by atoms with E-state index in [9.17, 15) is 17.6 Å². The summed E-state index contributed by atoms with van der Waals surface area (Å²) in [6.07, 6.45) is 6.51. The number of nitrogens with one attached hydrogen (secondary N) is 2. The summed E-state index contributed by atoms with van der Waals surface area (Å²) in [5.41, 5.74) is 1.66. The predicted octanol–water partition coefficient (Wildman–Crippen LogP) is 4.17. The molecule has 0 unspecified atom stereocenters. The van der Waals surface area contributed by atoms with E-state index in [2.05, 4.69) is 32.0 Å². The van der Waals surface area contributed by atoms with Crippen LogP contribution in [-0.4, -0.2) is 30.6 Å². The SMILES string of the molecule is CN(Cc1ccc(F)cc1)C(=O)c1ccc(I)cc1NS(=O)(=O)C1=CC=CN2SNC=C12. The molecular weight excluding hydrogens is 566 g/mol. The lowest BCUT2D eigenvalue weighted by atomic mass is 10.1. The van der Waals surface area contributed by atoms with Gasteiger partial charge in [-0.05, 0) is 70.6 Å². The van der Waals surface area contributed by atoms with E-state index in [-0.39, 0.29) is 34.4 Å². The van der Waals surface area contributed by atoms with E-state index in [0.717, 1.165) is 9.13 Å². The Labute approximate surface area is 203 Å². The highest BCUT2D eigenvalue weighted by atomic mass is 127. The molecule has 2 N–H and O–H groups in total. The first kappa shape index (κ1) is 22.7. The number of allylic oxidation sites excluding steroid dienone is 2. The molecule has 0 fully saturated rings. The van der Waals surface area contributed by atoms with E-state index < -0.39 is 10.0 Å². The van der Waals surface area contributed by atoms with Crippen molar-refractivity contribution >= 4 is 56.3 Å². The first-order valence-electron chi connectivity index (χ1n) is 9.37. The highest BCUT2D eigenvalue weighted by Gasteiger charge is 2.30. The van der Waals surface area contributed by atoms with Crippen LogP contribution in [-0.2, 0) is 16.6 Å². The van der Waals surface area contributed by atoms with Crippen molar-refractivity contribution < 1.29 is 17.6 Å². The predicted molar refractivity (Wildman–Crippen MR) is 132 cm³/mol. The summed E-state index contributed by atoms with van der Waals surface area (Å²) in [5, 5.41) is 0. The summed E-state index contributed by atoms with van der Waals surface area (Å²) < 4.78 is 47.5. The van der Waals surface area contributed by atoms with Gasteiger partial charge in [-0.15, -0.1) is 0 Å². The Balaban J connectivity index is 1.60. The first-order valence-corrected chi connectivity index (χ1v) is 12.7. The number of carbonyl (C=O) groups is 1. The van der Waals surface area contributed by atoms with Crippen LogP contribution in [0.2, 0.25) is 0 Å². The number of hydrogen-bond acceptors (Lipinski definition) is 6. The Bertz CT molecular complexity index is 1260. The smallest absolute Gasteiger partial charge is 0.264 e. The number of rotatable bonds is 6. The maximum Gasteiger partial charge on any atom is 0.264 e. The van der Waals surface area contributed by atoms with E-state index in [0.29, 0.717) is 5.70 Å². The molecule has 0 atom stereocenters. The number of carbonyl (C=O) groups excluding carboxylic acids is 1. The van der Waals surface area contributed by atoms with Crippen LogP contribution in [0, 0.1) is 9.39 Å². The summed E-state index contributed by atoms with van der Waals surface area (Å²) >= 11 is 3.32. The molecule has 0 radical (unpaired) electrons. The second kappa shape index (κ2) is 9.16. The molecule has 2 heterocycles. The Morgan fingerprint density at radius 1 is 1.25 bits per heavy atom. The van der Waals surface area contributed by atoms with E-state index in [4.69, 9.17) is 0 Å². The molecule has 0 saturated heterocycles. The molecule has 2 aromatic rings. The van der Waals surface area contributed by atoms with Crippen molar-refractivity contribution in [2.24, 2.45) is 0 Å². The van der Waals surface area contributed by atoms with Crippen molar-refractivity contribution in [1.29, 1.82) is 0 Å². The van der Waals surface area contributed by atoms with Gasteiger partial charge in [0.1, 0.15) is 10.7 Å². The molecule has 7 nitrogen and oxygen atoms in total. The Morgan fingerprint density at radius 3 is 2.75 bits per heavy atom. The molecule has 0 aliphatic carbocycles. The zero-order valence-corrected chi connectivity index (χ0v) is 20.5. The van der Waals surface area contributed by atoms with Crippen LogP contribution < -0.4 is 9.44 Å². The number of nitrogens with zero attached hydrogens (tertiary/aromatic N) is 2. The third-order valence-corrected chi connectivity index (χ3v) is 7.55. The highest BCUT2D eigenvalue weighted by Crippen LogP contribution is 2.34. The summed E-state index contributed by atoms with van der Waals surface area (Å²) in [6, 6.07) is 10.8. The molecular formula is C21H18FIN4O3S2. The van der Waals surface area contributed by atoms with E-state index in [1.807, 2.05) is 0 Å². The maximum absolute atomic E-state index is 13.2. The van der Waals surface area contributed by atoms with Gasteiger partial charge in [-0.25, -0.2) is 12.8 Å². The molecule has 2 aliphatic heterocycles. The molecule has 2 aromatic carbocycles. The summed E-state index contributed by atoms with van der Waals surface area (Å²) in [5.74, 6) is -0.715. The van der Waals surface area contributed by atoms with Crippen molar-refractivity contribution in [3.05, 3.63) is 98.1 Å². The van der Waals surface area contributed by atoms with E-state index in [1.165, 1.54) is 35.2 Å². The second-order valence-electron chi connectivity index (χ2n) is 7.02. The fourth-order valence-electron chi connectivity index (χ4n) is 3.19. The molecule has 11 heteroatoms. The third-order valence-electron chi connectivity index (χ3n) is 4.73. The second-order valence-corrected chi connectivity index (χ2v) is 10.7. The fraction of sp³-hybridized carbons (Fsp3) is 0.0952. The van der Waals surface area contributed by atoms with Gasteiger partial charge in [0.2, 0.25) is 0 Å². The van der Waals surface area contributed by atoms with Crippen molar-refractivity contribution in [1.82, 2.24) is 13.9 Å². The van der Waals surface area contributed by atoms with Crippen molar-refractivity contribution in [3.8, 4) is 0 Å². The third kappa shape index (κ3) is 4.79. The lowest BCUT2D eigenvalue weighted by Crippen LogP contribution is -2.28. The number of hydrogen-bond donors (Lipinski definition) is 2. The van der Waals surface area contributed by atoms with Crippen molar-refractivity contribution in [3.63, 3.8) is 0 Å². The monoisotopic (exact) mass is 584 g/mol. The molecule has 0 saturated carbocycles. The molecule has 4 rings (SSSR count). The van der Waals surface area contributed by atoms with Crippen molar-refractivity contribution in [2.75, 3.05) is 11.8 Å². The van der Waals surface area contributed by atoms with Crippen LogP contribution in [0.5, 0.6) is 0 Å². The van der Waals surface area contributed by atoms with Gasteiger partial charge < -0.3 is 9.62 Å². The summed E-state index contributed by atoms with van der Waals surface area (Å²) in [7, 11) is -2.36. The zero-order valence-electron chi connectivity index (χ0n) is 16.7. The number of halogens is 2. The van der Waals surface area contributed by atoms with Gasteiger partial charge in [-0.3, -0.25) is 13.8 Å². The van der Waals surface area contributed by atoms with Crippen LogP contribution >= 0.6 is 34.7 Å². The van der Waals surface area contributed by atoms with E-state index in [1.54, 1.807) is 60.2 Å². The van der Waals surface area contributed by atoms with Crippen LogP contribution in [0.3, 0.4) is 0 Å².